The number of carbonyl (C=O) groups excluding carboxylic acids is 2. The zero-order valence-electron chi connectivity index (χ0n) is 14.7. The van der Waals surface area contributed by atoms with Gasteiger partial charge in [-0.3, -0.25) is 9.78 Å². The van der Waals surface area contributed by atoms with E-state index in [9.17, 15) is 14.7 Å². The normalized spacial score (nSPS) is 13.0. The number of nitrogens with one attached hydrogen (secondary N) is 1. The van der Waals surface area contributed by atoms with Crippen molar-refractivity contribution in [2.45, 2.75) is 18.6 Å². The number of aromatic nitrogens is 2. The van der Waals surface area contributed by atoms with Crippen LogP contribution < -0.4 is 5.32 Å². The Morgan fingerprint density at radius 1 is 1.07 bits per heavy atom. The number of aliphatic hydroxyl groups excluding tert-OH is 1. The predicted molar refractivity (Wildman–Crippen MR) is 98.6 cm³/mol. The van der Waals surface area contributed by atoms with Crippen LogP contribution in [0.3, 0.4) is 0 Å². The summed E-state index contributed by atoms with van der Waals surface area (Å²) in [7, 11) is 1.24. The molecule has 2 aromatic carbocycles. The maximum Gasteiger partial charge on any atom is 0.328 e. The first-order valence-electron chi connectivity index (χ1n) is 8.40. The number of methoxy groups -OCH3 is 1. The molecule has 2 atom stereocenters. The largest absolute Gasteiger partial charge is 0.467 e. The lowest BCUT2D eigenvalue weighted by molar-refractivity contribution is -0.146. The highest BCUT2D eigenvalue weighted by Gasteiger charge is 2.26. The first-order chi connectivity index (χ1) is 13.1. The number of para-hydroxylation sites is 2. The fourth-order valence-electron chi connectivity index (χ4n) is 2.68. The Bertz CT molecular complexity index is 946. The average Bonchev–Trinajstić information content (AvgIpc) is 2.72. The number of esters is 1. The first kappa shape index (κ1) is 18.5. The van der Waals surface area contributed by atoms with Crippen molar-refractivity contribution in [3.63, 3.8) is 0 Å². The molecule has 1 heterocycles. The van der Waals surface area contributed by atoms with E-state index in [-0.39, 0.29) is 6.42 Å². The fourth-order valence-corrected chi connectivity index (χ4v) is 2.68. The number of amides is 1. The van der Waals surface area contributed by atoms with Gasteiger partial charge in [0, 0.05) is 12.6 Å². The highest BCUT2D eigenvalue weighted by molar-refractivity contribution is 5.87. The fraction of sp³-hybridized carbons (Fsp3) is 0.200. The van der Waals surface area contributed by atoms with Crippen LogP contribution in [-0.2, 0) is 20.7 Å². The zero-order valence-corrected chi connectivity index (χ0v) is 14.7. The van der Waals surface area contributed by atoms with Crippen LogP contribution >= 0.6 is 0 Å². The molecule has 7 heteroatoms. The van der Waals surface area contributed by atoms with Crippen molar-refractivity contribution in [3.8, 4) is 0 Å². The third-order valence-corrected chi connectivity index (χ3v) is 4.08. The number of nitrogens with zero attached hydrogens (tertiary/aromatic N) is 2. The molecule has 0 aliphatic heterocycles. The molecule has 27 heavy (non-hydrogen) atoms. The predicted octanol–water partition coefficient (Wildman–Crippen LogP) is 1.56. The second-order valence-corrected chi connectivity index (χ2v) is 5.95. The van der Waals surface area contributed by atoms with Crippen LogP contribution in [0.5, 0.6) is 0 Å². The van der Waals surface area contributed by atoms with Crippen LogP contribution in [0.25, 0.3) is 11.0 Å². The van der Waals surface area contributed by atoms with Gasteiger partial charge in [0.2, 0.25) is 0 Å². The smallest absolute Gasteiger partial charge is 0.328 e. The third-order valence-electron chi connectivity index (χ3n) is 4.08. The van der Waals surface area contributed by atoms with Crippen molar-refractivity contribution in [2.75, 3.05) is 7.11 Å². The maximum atomic E-state index is 12.4. The number of ether oxygens (including phenoxy) is 1. The molecule has 0 unspecified atom stereocenters. The van der Waals surface area contributed by atoms with Gasteiger partial charge in [-0.25, -0.2) is 9.78 Å². The Morgan fingerprint density at radius 3 is 2.44 bits per heavy atom. The number of aliphatic hydroxyl groups is 1. The standard InChI is InChI=1S/C20H19N3O4/c1-27-20(26)17(23-19(25)18(24)13-7-3-2-4-8-13)11-14-12-21-15-9-5-6-10-16(15)22-14/h2-10,12,17-18,24H,11H2,1H3,(H,23,25)/t17-,18+/m1/s1. The third kappa shape index (κ3) is 4.45. The molecule has 2 N–H and O–H groups in total. The van der Waals surface area contributed by atoms with Gasteiger partial charge in [0.1, 0.15) is 6.04 Å². The molecule has 3 rings (SSSR count). The average molecular weight is 365 g/mol. The summed E-state index contributed by atoms with van der Waals surface area (Å²) in [4.78, 5) is 33.2. The Balaban J connectivity index is 1.77. The molecule has 0 aliphatic rings. The summed E-state index contributed by atoms with van der Waals surface area (Å²) < 4.78 is 4.77. The lowest BCUT2D eigenvalue weighted by atomic mass is 10.1. The number of rotatable bonds is 6. The van der Waals surface area contributed by atoms with Crippen LogP contribution in [0, 0.1) is 0 Å². The van der Waals surface area contributed by atoms with E-state index in [1.54, 1.807) is 36.5 Å². The quantitative estimate of drug-likeness (QED) is 0.643. The van der Waals surface area contributed by atoms with Crippen molar-refractivity contribution in [2.24, 2.45) is 0 Å². The van der Waals surface area contributed by atoms with E-state index in [1.165, 1.54) is 7.11 Å². The molecule has 0 saturated heterocycles. The number of benzene rings is 2. The van der Waals surface area contributed by atoms with Gasteiger partial charge in [-0.15, -0.1) is 0 Å². The van der Waals surface area contributed by atoms with Crippen molar-refractivity contribution < 1.29 is 19.4 Å². The molecule has 0 fully saturated rings. The molecule has 0 bridgehead atoms. The van der Waals surface area contributed by atoms with Gasteiger partial charge >= 0.3 is 5.97 Å². The van der Waals surface area contributed by atoms with Crippen molar-refractivity contribution >= 4 is 22.9 Å². The van der Waals surface area contributed by atoms with Crippen molar-refractivity contribution in [3.05, 3.63) is 72.1 Å². The molecule has 0 saturated carbocycles. The molecular formula is C20H19N3O4. The highest BCUT2D eigenvalue weighted by Crippen LogP contribution is 2.14. The van der Waals surface area contributed by atoms with E-state index < -0.39 is 24.0 Å². The molecule has 1 aromatic heterocycles. The summed E-state index contributed by atoms with van der Waals surface area (Å²) in [5.41, 5.74) is 2.39. The number of fused-ring (bicyclic) bond motifs is 1. The van der Waals surface area contributed by atoms with Gasteiger partial charge in [0.15, 0.2) is 6.10 Å². The summed E-state index contributed by atoms with van der Waals surface area (Å²) in [5, 5.41) is 12.7. The minimum Gasteiger partial charge on any atom is -0.467 e. The minimum absolute atomic E-state index is 0.0950. The second kappa shape index (κ2) is 8.37. The summed E-state index contributed by atoms with van der Waals surface area (Å²) >= 11 is 0. The van der Waals surface area contributed by atoms with Crippen LogP contribution in [0.2, 0.25) is 0 Å². The highest BCUT2D eigenvalue weighted by atomic mass is 16.5. The van der Waals surface area contributed by atoms with E-state index in [0.29, 0.717) is 16.8 Å². The van der Waals surface area contributed by atoms with E-state index in [2.05, 4.69) is 15.3 Å². The van der Waals surface area contributed by atoms with E-state index in [0.717, 1.165) is 5.52 Å². The Kier molecular flexibility index (Phi) is 5.73. The van der Waals surface area contributed by atoms with Crippen LogP contribution in [0.4, 0.5) is 0 Å². The van der Waals surface area contributed by atoms with Gasteiger partial charge in [0.25, 0.3) is 5.91 Å². The summed E-state index contributed by atoms with van der Waals surface area (Å²) in [6, 6.07) is 14.8. The molecule has 0 radical (unpaired) electrons. The van der Waals surface area contributed by atoms with E-state index in [4.69, 9.17) is 4.74 Å². The summed E-state index contributed by atoms with van der Waals surface area (Å²) in [6.07, 6.45) is 0.261. The SMILES string of the molecule is COC(=O)[C@@H](Cc1cnc2ccccc2n1)NC(=O)[C@@H](O)c1ccccc1. The Labute approximate surface area is 156 Å². The second-order valence-electron chi connectivity index (χ2n) is 5.95. The summed E-state index contributed by atoms with van der Waals surface area (Å²) in [6.45, 7) is 0. The van der Waals surface area contributed by atoms with E-state index in [1.807, 2.05) is 24.3 Å². The topological polar surface area (TPSA) is 101 Å². The number of carbonyl (C=O) groups is 2. The van der Waals surface area contributed by atoms with Crippen LogP contribution in [0.15, 0.2) is 60.8 Å². The Morgan fingerprint density at radius 2 is 1.74 bits per heavy atom. The minimum atomic E-state index is -1.39. The van der Waals surface area contributed by atoms with Gasteiger partial charge in [-0.2, -0.15) is 0 Å². The Hall–Kier alpha value is -3.32. The number of hydrogen-bond acceptors (Lipinski definition) is 6. The van der Waals surface area contributed by atoms with Crippen molar-refractivity contribution in [1.29, 1.82) is 0 Å². The van der Waals surface area contributed by atoms with Gasteiger partial charge in [-0.05, 0) is 17.7 Å². The molecule has 0 spiro atoms. The molecule has 138 valence electrons. The van der Waals surface area contributed by atoms with Crippen molar-refractivity contribution in [1.82, 2.24) is 15.3 Å². The molecule has 1 amide bonds. The maximum absolute atomic E-state index is 12.4. The van der Waals surface area contributed by atoms with Gasteiger partial charge in [0.05, 0.1) is 23.8 Å². The molecular weight excluding hydrogens is 346 g/mol. The molecule has 3 aromatic rings. The lowest BCUT2D eigenvalue weighted by Gasteiger charge is -2.18. The molecule has 0 aliphatic carbocycles. The van der Waals surface area contributed by atoms with Gasteiger partial charge < -0.3 is 15.2 Å². The number of hydrogen-bond donors (Lipinski definition) is 2. The van der Waals surface area contributed by atoms with E-state index >= 15 is 0 Å². The van der Waals surface area contributed by atoms with Crippen LogP contribution in [0.1, 0.15) is 17.4 Å². The summed E-state index contributed by atoms with van der Waals surface area (Å²) in [5.74, 6) is -1.32. The zero-order chi connectivity index (χ0) is 19.2. The van der Waals surface area contributed by atoms with Crippen LogP contribution in [-0.4, -0.2) is 40.1 Å². The lowest BCUT2D eigenvalue weighted by Crippen LogP contribution is -2.45. The van der Waals surface area contributed by atoms with Gasteiger partial charge in [-0.1, -0.05) is 42.5 Å². The monoisotopic (exact) mass is 365 g/mol. The first-order valence-corrected chi connectivity index (χ1v) is 8.40. The molecule has 7 nitrogen and oxygen atoms in total.